The van der Waals surface area contributed by atoms with Gasteiger partial charge in [-0.3, -0.25) is 0 Å². The number of ether oxygens (including phenoxy) is 1. The van der Waals surface area contributed by atoms with Crippen molar-refractivity contribution in [3.05, 3.63) is 35.4 Å². The molecular weight excluding hydrogens is 224 g/mol. The van der Waals surface area contributed by atoms with Crippen molar-refractivity contribution in [2.24, 2.45) is 0 Å². The lowest BCUT2D eigenvalue weighted by molar-refractivity contribution is -0.133. The van der Waals surface area contributed by atoms with Crippen molar-refractivity contribution in [3.63, 3.8) is 0 Å². The number of aliphatic carboxylic acids is 2. The van der Waals surface area contributed by atoms with Crippen LogP contribution in [0.2, 0.25) is 0 Å². The van der Waals surface area contributed by atoms with Gasteiger partial charge >= 0.3 is 11.9 Å². The van der Waals surface area contributed by atoms with Gasteiger partial charge in [0.2, 0.25) is 0 Å². The summed E-state index contributed by atoms with van der Waals surface area (Å²) in [6.45, 7) is 1.75. The molecule has 0 spiro atoms. The van der Waals surface area contributed by atoms with E-state index in [0.717, 1.165) is 5.56 Å². The van der Waals surface area contributed by atoms with E-state index in [0.29, 0.717) is 17.4 Å². The smallest absolute Gasteiger partial charge is 0.336 e. The van der Waals surface area contributed by atoms with Gasteiger partial charge in [-0.25, -0.2) is 9.59 Å². The lowest BCUT2D eigenvalue weighted by Gasteiger charge is -2.07. The minimum absolute atomic E-state index is 0.261. The van der Waals surface area contributed by atoms with E-state index >= 15 is 0 Å². The number of carboxylic acids is 2. The van der Waals surface area contributed by atoms with Gasteiger partial charge in [-0.2, -0.15) is 0 Å². The largest absolute Gasteiger partial charge is 0.496 e. The predicted octanol–water partition coefficient (Wildman–Crippen LogP) is 1.56. The SMILES string of the molecule is COc1ccc(/C(=C/C(=O)O)C(=O)O)cc1C. The molecule has 0 atom stereocenters. The van der Waals surface area contributed by atoms with Crippen LogP contribution < -0.4 is 4.74 Å². The van der Waals surface area contributed by atoms with Gasteiger partial charge in [0.05, 0.1) is 12.7 Å². The number of rotatable bonds is 4. The van der Waals surface area contributed by atoms with Gasteiger partial charge in [-0.1, -0.05) is 6.07 Å². The van der Waals surface area contributed by atoms with Gasteiger partial charge in [0, 0.05) is 6.08 Å². The maximum absolute atomic E-state index is 10.9. The first-order chi connectivity index (χ1) is 7.95. The summed E-state index contributed by atoms with van der Waals surface area (Å²) in [7, 11) is 1.51. The van der Waals surface area contributed by atoms with Crippen molar-refractivity contribution >= 4 is 17.5 Å². The second-order valence-electron chi connectivity index (χ2n) is 3.39. The quantitative estimate of drug-likeness (QED) is 0.775. The van der Waals surface area contributed by atoms with Crippen LogP contribution in [0.25, 0.3) is 5.57 Å². The standard InChI is InChI=1S/C12H12O5/c1-7-5-8(3-4-10(7)17-2)9(12(15)16)6-11(13)14/h3-6H,1-2H3,(H,13,14)(H,15,16)/b9-6-. The summed E-state index contributed by atoms with van der Waals surface area (Å²) >= 11 is 0. The molecule has 0 fully saturated rings. The molecule has 5 nitrogen and oxygen atoms in total. The molecule has 0 aliphatic heterocycles. The molecule has 0 radical (unpaired) electrons. The van der Waals surface area contributed by atoms with E-state index in [2.05, 4.69) is 0 Å². The lowest BCUT2D eigenvalue weighted by atomic mass is 10.0. The highest BCUT2D eigenvalue weighted by Gasteiger charge is 2.13. The monoisotopic (exact) mass is 236 g/mol. The first kappa shape index (κ1) is 12.8. The van der Waals surface area contributed by atoms with Crippen LogP contribution in [0.3, 0.4) is 0 Å². The average Bonchev–Trinajstić information content (AvgIpc) is 2.25. The molecule has 90 valence electrons. The molecular formula is C12H12O5. The van der Waals surface area contributed by atoms with Crippen molar-refractivity contribution < 1.29 is 24.5 Å². The van der Waals surface area contributed by atoms with Crippen LogP contribution in [0, 0.1) is 6.92 Å². The molecule has 1 aromatic rings. The van der Waals surface area contributed by atoms with Gasteiger partial charge < -0.3 is 14.9 Å². The Morgan fingerprint density at radius 2 is 1.94 bits per heavy atom. The van der Waals surface area contributed by atoms with E-state index in [1.165, 1.54) is 13.2 Å². The maximum atomic E-state index is 10.9. The summed E-state index contributed by atoms with van der Waals surface area (Å²) in [4.78, 5) is 21.5. The summed E-state index contributed by atoms with van der Waals surface area (Å²) in [5, 5.41) is 17.5. The van der Waals surface area contributed by atoms with E-state index < -0.39 is 11.9 Å². The van der Waals surface area contributed by atoms with Crippen molar-refractivity contribution in [2.45, 2.75) is 6.92 Å². The van der Waals surface area contributed by atoms with Gasteiger partial charge in [0.25, 0.3) is 0 Å². The number of carboxylic acid groups (broad SMARTS) is 2. The second-order valence-corrected chi connectivity index (χ2v) is 3.39. The molecule has 17 heavy (non-hydrogen) atoms. The van der Waals surface area contributed by atoms with Gasteiger partial charge in [-0.15, -0.1) is 0 Å². The summed E-state index contributed by atoms with van der Waals surface area (Å²) in [5.74, 6) is -1.96. The third-order valence-corrected chi connectivity index (χ3v) is 2.20. The highest BCUT2D eigenvalue weighted by molar-refractivity contribution is 6.19. The Kier molecular flexibility index (Phi) is 3.87. The minimum atomic E-state index is -1.30. The fraction of sp³-hybridized carbons (Fsp3) is 0.167. The molecule has 0 aromatic heterocycles. The number of hydrogen-bond acceptors (Lipinski definition) is 3. The highest BCUT2D eigenvalue weighted by atomic mass is 16.5. The summed E-state index contributed by atoms with van der Waals surface area (Å²) in [6.07, 6.45) is 0.670. The fourth-order valence-electron chi connectivity index (χ4n) is 1.44. The highest BCUT2D eigenvalue weighted by Crippen LogP contribution is 2.23. The molecule has 0 aliphatic rings. The normalized spacial score (nSPS) is 11.1. The predicted molar refractivity (Wildman–Crippen MR) is 61.0 cm³/mol. The third kappa shape index (κ3) is 3.07. The summed E-state index contributed by atoms with van der Waals surface area (Å²) in [5.41, 5.74) is 0.809. The zero-order chi connectivity index (χ0) is 13.0. The molecule has 0 bridgehead atoms. The number of benzene rings is 1. The third-order valence-electron chi connectivity index (χ3n) is 2.20. The molecule has 1 aromatic carbocycles. The topological polar surface area (TPSA) is 83.8 Å². The zero-order valence-electron chi connectivity index (χ0n) is 9.43. The molecule has 5 heteroatoms. The first-order valence-corrected chi connectivity index (χ1v) is 4.78. The van der Waals surface area contributed by atoms with Gasteiger partial charge in [0.15, 0.2) is 0 Å². The maximum Gasteiger partial charge on any atom is 0.336 e. The van der Waals surface area contributed by atoms with Crippen LogP contribution in [0.1, 0.15) is 11.1 Å². The number of carbonyl (C=O) groups is 2. The Bertz CT molecular complexity index is 488. The molecule has 0 saturated heterocycles. The van der Waals surface area contributed by atoms with E-state index in [1.807, 2.05) is 0 Å². The Morgan fingerprint density at radius 1 is 1.29 bits per heavy atom. The van der Waals surface area contributed by atoms with Crippen molar-refractivity contribution in [2.75, 3.05) is 7.11 Å². The van der Waals surface area contributed by atoms with E-state index in [9.17, 15) is 9.59 Å². The average molecular weight is 236 g/mol. The Morgan fingerprint density at radius 3 is 2.35 bits per heavy atom. The lowest BCUT2D eigenvalue weighted by Crippen LogP contribution is -2.03. The van der Waals surface area contributed by atoms with Crippen LogP contribution >= 0.6 is 0 Å². The van der Waals surface area contributed by atoms with E-state index in [4.69, 9.17) is 14.9 Å². The number of hydrogen-bond donors (Lipinski definition) is 2. The van der Waals surface area contributed by atoms with Crippen LogP contribution in [0.15, 0.2) is 24.3 Å². The van der Waals surface area contributed by atoms with Crippen LogP contribution in [-0.2, 0) is 9.59 Å². The Balaban J connectivity index is 3.26. The summed E-state index contributed by atoms with van der Waals surface area (Å²) in [6, 6.07) is 4.68. The Labute approximate surface area is 98.0 Å². The zero-order valence-corrected chi connectivity index (χ0v) is 9.43. The van der Waals surface area contributed by atoms with E-state index in [1.54, 1.807) is 19.1 Å². The van der Waals surface area contributed by atoms with Crippen molar-refractivity contribution in [1.82, 2.24) is 0 Å². The molecule has 2 N–H and O–H groups in total. The molecule has 1 rings (SSSR count). The molecule has 0 saturated carbocycles. The number of aryl methyl sites for hydroxylation is 1. The van der Waals surface area contributed by atoms with E-state index in [-0.39, 0.29) is 5.57 Å². The second kappa shape index (κ2) is 5.16. The van der Waals surface area contributed by atoms with Gasteiger partial charge in [-0.05, 0) is 30.2 Å². The molecule has 0 amide bonds. The Hall–Kier alpha value is -2.30. The first-order valence-electron chi connectivity index (χ1n) is 4.78. The fourth-order valence-corrected chi connectivity index (χ4v) is 1.44. The van der Waals surface area contributed by atoms with Gasteiger partial charge in [0.1, 0.15) is 5.75 Å². The van der Waals surface area contributed by atoms with Crippen LogP contribution in [0.5, 0.6) is 5.75 Å². The number of methoxy groups -OCH3 is 1. The van der Waals surface area contributed by atoms with Crippen molar-refractivity contribution in [3.8, 4) is 5.75 Å². The molecule has 0 unspecified atom stereocenters. The summed E-state index contributed by atoms with van der Waals surface area (Å²) < 4.78 is 5.04. The minimum Gasteiger partial charge on any atom is -0.496 e. The van der Waals surface area contributed by atoms with Crippen molar-refractivity contribution in [1.29, 1.82) is 0 Å². The molecule has 0 heterocycles. The van der Waals surface area contributed by atoms with Crippen LogP contribution in [-0.4, -0.2) is 29.3 Å². The molecule has 0 aliphatic carbocycles. The van der Waals surface area contributed by atoms with Crippen LogP contribution in [0.4, 0.5) is 0 Å².